The lowest BCUT2D eigenvalue weighted by molar-refractivity contribution is 0.0788. The number of fused-ring (bicyclic) bond motifs is 1. The lowest BCUT2D eigenvalue weighted by Gasteiger charge is -2.31. The molecule has 2 heterocycles. The molecule has 0 amide bonds. The minimum absolute atomic E-state index is 0.285. The van der Waals surface area contributed by atoms with Gasteiger partial charge in [-0.25, -0.2) is 0 Å². The summed E-state index contributed by atoms with van der Waals surface area (Å²) in [6.07, 6.45) is 3.78. The fourth-order valence-electron chi connectivity index (χ4n) is 3.00. The normalized spacial score (nSPS) is 22.8. The van der Waals surface area contributed by atoms with Crippen molar-refractivity contribution < 1.29 is 17.9 Å². The second-order valence-corrected chi connectivity index (χ2v) is 8.13. The molecule has 2 aliphatic heterocycles. The van der Waals surface area contributed by atoms with E-state index in [1.807, 2.05) is 24.3 Å². The van der Waals surface area contributed by atoms with Crippen molar-refractivity contribution in [1.29, 1.82) is 0 Å². The molecule has 1 fully saturated rings. The molecule has 128 valence electrons. The van der Waals surface area contributed by atoms with E-state index in [9.17, 15) is 8.42 Å². The minimum atomic E-state index is -3.43. The summed E-state index contributed by atoms with van der Waals surface area (Å²) >= 11 is 0. The van der Waals surface area contributed by atoms with Gasteiger partial charge in [-0.05, 0) is 25.0 Å². The molecule has 3 rings (SSSR count). The Morgan fingerprint density at radius 2 is 1.78 bits per heavy atom. The van der Waals surface area contributed by atoms with E-state index in [0.29, 0.717) is 31.2 Å². The fourth-order valence-corrected chi connectivity index (χ4v) is 4.47. The number of rotatable bonds is 4. The highest BCUT2D eigenvalue weighted by Gasteiger charge is 2.31. The maximum Gasteiger partial charge on any atom is 0.281 e. The fraction of sp³-hybridized carbons (Fsp3) is 0.625. The molecule has 7 heteroatoms. The molecule has 1 saturated heterocycles. The number of nitrogens with zero attached hydrogens (tertiary/aromatic N) is 2. The number of hydrogen-bond acceptors (Lipinski definition) is 4. The van der Waals surface area contributed by atoms with Gasteiger partial charge in [0, 0.05) is 20.1 Å². The largest absolute Gasteiger partial charge is 0.486 e. The quantitative estimate of drug-likeness (QED) is 0.840. The van der Waals surface area contributed by atoms with Crippen molar-refractivity contribution in [1.82, 2.24) is 8.61 Å². The lowest BCUT2D eigenvalue weighted by atomic mass is 10.2. The summed E-state index contributed by atoms with van der Waals surface area (Å²) in [5.74, 6) is 1.38. The van der Waals surface area contributed by atoms with E-state index in [1.54, 1.807) is 11.4 Å². The number of hydrogen-bond donors (Lipinski definition) is 0. The molecular weight excluding hydrogens is 316 g/mol. The summed E-state index contributed by atoms with van der Waals surface area (Å²) < 4.78 is 39.9. The predicted molar refractivity (Wildman–Crippen MR) is 87.9 cm³/mol. The first-order valence-corrected chi connectivity index (χ1v) is 9.57. The molecule has 2 aliphatic rings. The predicted octanol–water partition coefficient (Wildman–Crippen LogP) is 1.88. The van der Waals surface area contributed by atoms with Gasteiger partial charge in [0.1, 0.15) is 12.7 Å². The zero-order valence-electron chi connectivity index (χ0n) is 13.5. The van der Waals surface area contributed by atoms with Crippen LogP contribution in [-0.4, -0.2) is 56.4 Å². The molecule has 1 aromatic carbocycles. The Morgan fingerprint density at radius 1 is 1.13 bits per heavy atom. The van der Waals surface area contributed by atoms with Crippen LogP contribution in [0.3, 0.4) is 0 Å². The second kappa shape index (κ2) is 7.07. The van der Waals surface area contributed by atoms with Crippen LogP contribution in [0.15, 0.2) is 24.3 Å². The average Bonchev–Trinajstić information content (AvgIpc) is 2.84. The zero-order chi connectivity index (χ0) is 16.3. The number of benzene rings is 1. The lowest BCUT2D eigenvalue weighted by Crippen LogP contribution is -2.47. The highest BCUT2D eigenvalue weighted by Crippen LogP contribution is 2.31. The van der Waals surface area contributed by atoms with Gasteiger partial charge in [-0.1, -0.05) is 25.0 Å². The number of likely N-dealkylation sites (N-methyl/N-ethyl adjacent to an activating group) is 1. The average molecular weight is 340 g/mol. The van der Waals surface area contributed by atoms with Gasteiger partial charge in [-0.15, -0.1) is 0 Å². The monoisotopic (exact) mass is 340 g/mol. The van der Waals surface area contributed by atoms with Gasteiger partial charge in [0.2, 0.25) is 0 Å². The van der Waals surface area contributed by atoms with E-state index in [-0.39, 0.29) is 12.6 Å². The standard InChI is InChI=1S/C16H24N2O4S/c1-17(23(19,20)18-10-6-2-3-7-11-18)12-14-13-21-15-8-4-5-9-16(15)22-14/h4-5,8-9,14H,2-3,6-7,10-13H2,1H3. The smallest absolute Gasteiger partial charge is 0.281 e. The molecule has 0 aromatic heterocycles. The van der Waals surface area contributed by atoms with Gasteiger partial charge in [0.15, 0.2) is 11.5 Å². The molecule has 1 unspecified atom stereocenters. The van der Waals surface area contributed by atoms with E-state index in [0.717, 1.165) is 25.7 Å². The van der Waals surface area contributed by atoms with Crippen LogP contribution in [0.25, 0.3) is 0 Å². The van der Waals surface area contributed by atoms with E-state index < -0.39 is 10.2 Å². The van der Waals surface area contributed by atoms with Gasteiger partial charge in [-0.2, -0.15) is 17.0 Å². The van der Waals surface area contributed by atoms with Gasteiger partial charge < -0.3 is 9.47 Å². The van der Waals surface area contributed by atoms with Crippen molar-refractivity contribution in [2.75, 3.05) is 33.3 Å². The van der Waals surface area contributed by atoms with Crippen molar-refractivity contribution in [2.45, 2.75) is 31.8 Å². The first-order valence-electron chi connectivity index (χ1n) is 8.17. The van der Waals surface area contributed by atoms with E-state index >= 15 is 0 Å². The van der Waals surface area contributed by atoms with Crippen LogP contribution in [0, 0.1) is 0 Å². The van der Waals surface area contributed by atoms with Gasteiger partial charge >= 0.3 is 0 Å². The number of ether oxygens (including phenoxy) is 2. The third-order valence-electron chi connectivity index (χ3n) is 4.31. The zero-order valence-corrected chi connectivity index (χ0v) is 14.3. The second-order valence-electron chi connectivity index (χ2n) is 6.10. The summed E-state index contributed by atoms with van der Waals surface area (Å²) in [4.78, 5) is 0. The SMILES string of the molecule is CN(CC1COc2ccccc2O1)S(=O)(=O)N1CCCCCC1. The van der Waals surface area contributed by atoms with Crippen molar-refractivity contribution >= 4 is 10.2 Å². The summed E-state index contributed by atoms with van der Waals surface area (Å²) in [7, 11) is -1.82. The van der Waals surface area contributed by atoms with Crippen molar-refractivity contribution in [3.05, 3.63) is 24.3 Å². The first-order chi connectivity index (χ1) is 11.1. The molecule has 0 radical (unpaired) electrons. The summed E-state index contributed by atoms with van der Waals surface area (Å²) in [5, 5.41) is 0. The molecule has 0 saturated carbocycles. The summed E-state index contributed by atoms with van der Waals surface area (Å²) in [6.45, 7) is 1.86. The van der Waals surface area contributed by atoms with Crippen LogP contribution < -0.4 is 9.47 Å². The summed E-state index contributed by atoms with van der Waals surface area (Å²) in [6, 6.07) is 7.45. The Bertz CT molecular complexity index is 627. The summed E-state index contributed by atoms with van der Waals surface area (Å²) in [5.41, 5.74) is 0. The molecule has 0 spiro atoms. The Morgan fingerprint density at radius 3 is 2.48 bits per heavy atom. The topological polar surface area (TPSA) is 59.1 Å². The van der Waals surface area contributed by atoms with E-state index in [2.05, 4.69) is 0 Å². The molecule has 23 heavy (non-hydrogen) atoms. The highest BCUT2D eigenvalue weighted by atomic mass is 32.2. The van der Waals surface area contributed by atoms with Crippen LogP contribution in [0.4, 0.5) is 0 Å². The molecular formula is C16H24N2O4S. The van der Waals surface area contributed by atoms with Crippen molar-refractivity contribution in [2.24, 2.45) is 0 Å². The van der Waals surface area contributed by atoms with Crippen LogP contribution >= 0.6 is 0 Å². The Balaban J connectivity index is 1.63. The van der Waals surface area contributed by atoms with E-state index in [4.69, 9.17) is 9.47 Å². The maximum absolute atomic E-state index is 12.7. The van der Waals surface area contributed by atoms with Crippen LogP contribution in [-0.2, 0) is 10.2 Å². The number of para-hydroxylation sites is 2. The molecule has 6 nitrogen and oxygen atoms in total. The third-order valence-corrected chi connectivity index (χ3v) is 6.27. The van der Waals surface area contributed by atoms with Gasteiger partial charge in [0.05, 0.1) is 6.54 Å². The van der Waals surface area contributed by atoms with Crippen molar-refractivity contribution in [3.8, 4) is 11.5 Å². The molecule has 0 aliphatic carbocycles. The Kier molecular flexibility index (Phi) is 5.08. The van der Waals surface area contributed by atoms with Crippen LogP contribution in [0.5, 0.6) is 11.5 Å². The first kappa shape index (κ1) is 16.5. The third kappa shape index (κ3) is 3.79. The molecule has 0 N–H and O–H groups in total. The van der Waals surface area contributed by atoms with Gasteiger partial charge in [-0.3, -0.25) is 0 Å². The molecule has 1 aromatic rings. The highest BCUT2D eigenvalue weighted by molar-refractivity contribution is 7.86. The van der Waals surface area contributed by atoms with Crippen LogP contribution in [0.2, 0.25) is 0 Å². The Labute approximate surface area is 138 Å². The van der Waals surface area contributed by atoms with E-state index in [1.165, 1.54) is 4.31 Å². The molecule has 0 bridgehead atoms. The molecule has 1 atom stereocenters. The maximum atomic E-state index is 12.7. The Hall–Kier alpha value is -1.31. The van der Waals surface area contributed by atoms with Crippen LogP contribution in [0.1, 0.15) is 25.7 Å². The minimum Gasteiger partial charge on any atom is -0.486 e. The van der Waals surface area contributed by atoms with Gasteiger partial charge in [0.25, 0.3) is 10.2 Å². The van der Waals surface area contributed by atoms with Crippen molar-refractivity contribution in [3.63, 3.8) is 0 Å².